The van der Waals surface area contributed by atoms with Gasteiger partial charge in [0.1, 0.15) is 0 Å². The van der Waals surface area contributed by atoms with Gasteiger partial charge in [0.05, 0.1) is 0 Å². The van der Waals surface area contributed by atoms with Crippen molar-refractivity contribution in [2.24, 2.45) is 0 Å². The van der Waals surface area contributed by atoms with Crippen molar-refractivity contribution < 1.29 is 0 Å². The van der Waals surface area contributed by atoms with Crippen molar-refractivity contribution in [1.82, 2.24) is 0 Å². The summed E-state index contributed by atoms with van der Waals surface area (Å²) in [6, 6.07) is 32.3. The first kappa shape index (κ1) is 20.5. The Morgan fingerprint density at radius 2 is 0.960 bits per heavy atom. The van der Waals surface area contributed by atoms with Gasteiger partial charge in [0.15, 0.2) is 0 Å². The fourth-order valence-electron chi connectivity index (χ4n) is 2.28. The molecule has 3 aromatic carbocycles. The molecule has 0 bridgehead atoms. The molecule has 0 aliphatic rings. The molecule has 0 heterocycles. The molecule has 25 heavy (non-hydrogen) atoms. The van der Waals surface area contributed by atoms with Crippen molar-refractivity contribution in [3.05, 3.63) is 104 Å². The highest BCUT2D eigenvalue weighted by molar-refractivity contribution is 9.69. The normalized spacial score (nSPS) is 10.2. The standard InChI is InChI=1S/C18H15P.C3H5Br2P/c1-4-10-16(11-5-1)19(17-12-6-2-7-13-17)18-14-8-3-9-15-18;1-2-3-6(4)5/h1-15H;2H,1,3H2. The fraction of sp³-hybridized carbons (Fsp3) is 0.0476. The second-order valence-corrected chi connectivity index (χ2v) is 16.3. The Morgan fingerprint density at radius 3 is 1.16 bits per heavy atom. The van der Waals surface area contributed by atoms with Gasteiger partial charge in [-0.1, -0.05) is 97.1 Å². The van der Waals surface area contributed by atoms with E-state index in [1.807, 2.05) is 6.08 Å². The number of halogens is 2. The lowest BCUT2D eigenvalue weighted by atomic mass is 10.4. The molecule has 0 radical (unpaired) electrons. The van der Waals surface area contributed by atoms with E-state index in [0.29, 0.717) is 0 Å². The highest BCUT2D eigenvalue weighted by atomic mass is 79.9. The van der Waals surface area contributed by atoms with Crippen molar-refractivity contribution in [3.63, 3.8) is 0 Å². The van der Waals surface area contributed by atoms with Crippen LogP contribution in [0.1, 0.15) is 0 Å². The highest BCUT2D eigenvalue weighted by Crippen LogP contribution is 2.51. The van der Waals surface area contributed by atoms with Crippen LogP contribution in [0.25, 0.3) is 0 Å². The summed E-state index contributed by atoms with van der Waals surface area (Å²) in [5, 5.41) is 4.10. The SMILES string of the molecule is C=CCP(Br)Br.c1ccc(P(c2ccccc2)c2ccccc2)cc1. The molecule has 0 nitrogen and oxygen atoms in total. The Balaban J connectivity index is 0.000000326. The van der Waals surface area contributed by atoms with Crippen LogP contribution in [-0.2, 0) is 0 Å². The third-order valence-corrected chi connectivity index (χ3v) is 8.03. The van der Waals surface area contributed by atoms with Crippen LogP contribution in [0.3, 0.4) is 0 Å². The van der Waals surface area contributed by atoms with Crippen molar-refractivity contribution in [2.75, 3.05) is 6.16 Å². The minimum Gasteiger partial charge on any atom is -0.103 e. The third kappa shape index (κ3) is 7.16. The molecule has 128 valence electrons. The zero-order valence-electron chi connectivity index (χ0n) is 13.8. The van der Waals surface area contributed by atoms with Crippen LogP contribution < -0.4 is 15.9 Å². The zero-order chi connectivity index (χ0) is 17.9. The number of rotatable bonds is 5. The summed E-state index contributed by atoms with van der Waals surface area (Å²) in [5.74, 6) is 0. The molecule has 3 aromatic rings. The van der Waals surface area contributed by atoms with E-state index >= 15 is 0 Å². The van der Waals surface area contributed by atoms with E-state index in [1.165, 1.54) is 15.9 Å². The van der Waals surface area contributed by atoms with E-state index < -0.39 is 7.92 Å². The minimum atomic E-state index is -0.446. The summed E-state index contributed by atoms with van der Waals surface area (Å²) < 4.78 is 0. The summed E-state index contributed by atoms with van der Waals surface area (Å²) in [7, 11) is -0.446. The molecular formula is C21H20Br2P2. The average Bonchev–Trinajstić information content (AvgIpc) is 2.65. The van der Waals surface area contributed by atoms with Gasteiger partial charge in [-0.3, -0.25) is 0 Å². The predicted octanol–water partition coefficient (Wildman–Crippen LogP) is 6.72. The Bertz CT molecular complexity index is 638. The molecule has 0 unspecified atom stereocenters. The number of allylic oxidation sites excluding steroid dienone is 1. The Labute approximate surface area is 169 Å². The largest absolute Gasteiger partial charge is 0.103 e. The third-order valence-electron chi connectivity index (χ3n) is 3.31. The summed E-state index contributed by atoms with van der Waals surface area (Å²) in [6.45, 7) is 3.56. The monoisotopic (exact) mass is 492 g/mol. The molecule has 0 aliphatic carbocycles. The topological polar surface area (TPSA) is 0 Å². The van der Waals surface area contributed by atoms with E-state index in [9.17, 15) is 0 Å². The van der Waals surface area contributed by atoms with Crippen LogP contribution in [-0.4, -0.2) is 6.16 Å². The molecule has 0 saturated heterocycles. The van der Waals surface area contributed by atoms with Gasteiger partial charge in [-0.15, -0.1) is 6.58 Å². The van der Waals surface area contributed by atoms with Crippen LogP contribution in [0, 0.1) is 0 Å². The van der Waals surface area contributed by atoms with Crippen LogP contribution in [0.5, 0.6) is 0 Å². The lowest BCUT2D eigenvalue weighted by Crippen LogP contribution is -2.20. The van der Waals surface area contributed by atoms with Gasteiger partial charge in [0.2, 0.25) is 0 Å². The molecule has 0 aliphatic heterocycles. The highest BCUT2D eigenvalue weighted by Gasteiger charge is 2.14. The zero-order valence-corrected chi connectivity index (χ0v) is 18.8. The second-order valence-electron chi connectivity index (χ2n) is 5.12. The first-order valence-electron chi connectivity index (χ1n) is 7.87. The van der Waals surface area contributed by atoms with Crippen LogP contribution in [0.15, 0.2) is 104 Å². The van der Waals surface area contributed by atoms with Crippen molar-refractivity contribution in [2.45, 2.75) is 0 Å². The van der Waals surface area contributed by atoms with Gasteiger partial charge in [-0.2, -0.15) is 0 Å². The number of hydrogen-bond donors (Lipinski definition) is 0. The van der Waals surface area contributed by atoms with Crippen molar-refractivity contribution >= 4 is 60.1 Å². The molecule has 0 N–H and O–H groups in total. The molecular weight excluding hydrogens is 474 g/mol. The van der Waals surface area contributed by atoms with E-state index in [2.05, 4.69) is 129 Å². The van der Waals surface area contributed by atoms with Gasteiger partial charge in [0.25, 0.3) is 0 Å². The number of benzene rings is 3. The molecule has 0 atom stereocenters. The molecule has 3 rings (SSSR count). The fourth-order valence-corrected chi connectivity index (χ4v) is 6.00. The summed E-state index contributed by atoms with van der Waals surface area (Å²) in [6.07, 6.45) is 2.92. The summed E-state index contributed by atoms with van der Waals surface area (Å²) in [4.78, 5) is 0. The quantitative estimate of drug-likeness (QED) is 0.273. The molecule has 0 saturated carbocycles. The van der Waals surface area contributed by atoms with E-state index in [-0.39, 0.29) is 5.33 Å². The van der Waals surface area contributed by atoms with Crippen LogP contribution in [0.2, 0.25) is 0 Å². The molecule has 4 heteroatoms. The van der Waals surface area contributed by atoms with Gasteiger partial charge < -0.3 is 0 Å². The molecule has 0 amide bonds. The number of hydrogen-bond acceptors (Lipinski definition) is 0. The molecule has 0 spiro atoms. The minimum absolute atomic E-state index is 0.0936. The van der Waals surface area contributed by atoms with E-state index in [4.69, 9.17) is 0 Å². The summed E-state index contributed by atoms with van der Waals surface area (Å²) in [5.41, 5.74) is 0. The van der Waals surface area contributed by atoms with Gasteiger partial charge in [-0.25, -0.2) is 0 Å². The lowest BCUT2D eigenvalue weighted by molar-refractivity contribution is 1.74. The van der Waals surface area contributed by atoms with Gasteiger partial charge in [-0.05, 0) is 54.8 Å². The second kappa shape index (κ2) is 11.8. The van der Waals surface area contributed by atoms with E-state index in [1.54, 1.807) is 0 Å². The Morgan fingerprint density at radius 1 is 0.640 bits per heavy atom. The summed E-state index contributed by atoms with van der Waals surface area (Å²) >= 11 is 6.69. The predicted molar refractivity (Wildman–Crippen MR) is 125 cm³/mol. The van der Waals surface area contributed by atoms with Crippen molar-refractivity contribution in [3.8, 4) is 0 Å². The van der Waals surface area contributed by atoms with Gasteiger partial charge >= 0.3 is 0 Å². The maximum absolute atomic E-state index is 3.56. The first-order chi connectivity index (χ1) is 12.2. The van der Waals surface area contributed by atoms with Crippen LogP contribution in [0.4, 0.5) is 0 Å². The average molecular weight is 494 g/mol. The Kier molecular flexibility index (Phi) is 9.66. The van der Waals surface area contributed by atoms with Gasteiger partial charge in [0, 0.05) is 11.5 Å². The van der Waals surface area contributed by atoms with E-state index in [0.717, 1.165) is 6.16 Å². The smallest absolute Gasteiger partial charge is 0.0384 e. The molecule has 0 fully saturated rings. The lowest BCUT2D eigenvalue weighted by Gasteiger charge is -2.18. The first-order valence-corrected chi connectivity index (χ1v) is 14.8. The maximum atomic E-state index is 3.56. The Hall–Kier alpha value is -0.780. The van der Waals surface area contributed by atoms with Crippen LogP contribution >= 0.6 is 44.2 Å². The maximum Gasteiger partial charge on any atom is 0.0384 e. The molecule has 0 aromatic heterocycles. The van der Waals surface area contributed by atoms with Crippen molar-refractivity contribution in [1.29, 1.82) is 0 Å².